The van der Waals surface area contributed by atoms with Crippen molar-refractivity contribution in [2.45, 2.75) is 87.5 Å². The third-order valence-corrected chi connectivity index (χ3v) is 17.8. The van der Waals surface area contributed by atoms with E-state index < -0.39 is 68.9 Å². The Balaban J connectivity index is 0.000000310. The van der Waals surface area contributed by atoms with E-state index in [2.05, 4.69) is 35.7 Å². The maximum absolute atomic E-state index is 11.5. The second kappa shape index (κ2) is 40.1. The first-order chi connectivity index (χ1) is 44.5. The fourth-order valence-electron chi connectivity index (χ4n) is 10.4. The van der Waals surface area contributed by atoms with Crippen LogP contribution in [0.5, 0.6) is 0 Å². The minimum Gasteiger partial charge on any atom is -0.469 e. The van der Waals surface area contributed by atoms with Crippen molar-refractivity contribution in [1.29, 1.82) is 0 Å². The summed E-state index contributed by atoms with van der Waals surface area (Å²) in [6, 6.07) is 38.0. The lowest BCUT2D eigenvalue weighted by molar-refractivity contribution is 0.0811. The Hall–Kier alpha value is -6.69. The van der Waals surface area contributed by atoms with Crippen molar-refractivity contribution < 1.29 is 67.4 Å². The predicted molar refractivity (Wildman–Crippen MR) is 373 cm³/mol. The van der Waals surface area contributed by atoms with E-state index in [-0.39, 0.29) is 43.4 Å². The molecule has 26 heteroatoms. The number of furan rings is 1. The quantitative estimate of drug-likeness (QED) is 0.0393. The van der Waals surface area contributed by atoms with Crippen molar-refractivity contribution >= 4 is 50.6 Å². The molecule has 0 bridgehead atoms. The fourth-order valence-corrected chi connectivity index (χ4v) is 13.1. The van der Waals surface area contributed by atoms with Crippen LogP contribution in [0.1, 0.15) is 70.7 Å². The summed E-state index contributed by atoms with van der Waals surface area (Å²) in [5.41, 5.74) is 6.47. The summed E-state index contributed by atoms with van der Waals surface area (Å²) in [4.78, 5) is 9.56. The van der Waals surface area contributed by atoms with Crippen LogP contribution in [0.2, 0.25) is 0 Å². The molecule has 0 saturated carbocycles. The zero-order valence-corrected chi connectivity index (χ0v) is 60.0. The van der Waals surface area contributed by atoms with Crippen LogP contribution in [-0.2, 0) is 97.2 Å². The number of likely N-dealkylation sites (N-methyl/N-ethyl adjacent to an activating group) is 5. The predicted octanol–water partition coefficient (Wildman–Crippen LogP) is 6.31. The van der Waals surface area contributed by atoms with Gasteiger partial charge in [-0.05, 0) is 107 Å². The molecule has 0 aliphatic heterocycles. The van der Waals surface area contributed by atoms with E-state index in [9.17, 15) is 42.1 Å². The third kappa shape index (κ3) is 31.8. The van der Waals surface area contributed by atoms with E-state index in [4.69, 9.17) is 57.4 Å². The number of nitrogens with zero attached hydrogens (tertiary/aromatic N) is 5. The van der Waals surface area contributed by atoms with E-state index in [1.165, 1.54) is 5.56 Å². The first-order valence-electron chi connectivity index (χ1n) is 29.8. The second-order valence-corrected chi connectivity index (χ2v) is 31.0. The molecule has 0 N–H and O–H groups in total. The number of fused-ring (bicyclic) bond motifs is 2. The van der Waals surface area contributed by atoms with Crippen molar-refractivity contribution in [3.8, 4) is 61.7 Å². The van der Waals surface area contributed by atoms with Crippen molar-refractivity contribution in [2.24, 2.45) is 0 Å². The van der Waals surface area contributed by atoms with Crippen LogP contribution in [0.3, 0.4) is 0 Å². The van der Waals surface area contributed by atoms with Gasteiger partial charge in [-0.2, -0.15) is 42.1 Å². The molecule has 0 amide bonds. The van der Waals surface area contributed by atoms with Crippen LogP contribution in [-0.4, -0.2) is 209 Å². The molecule has 1 aromatic heterocycles. The van der Waals surface area contributed by atoms with Crippen molar-refractivity contribution in [1.82, 2.24) is 24.5 Å². The molecule has 8 unspecified atom stereocenters. The Labute approximate surface area is 567 Å². The van der Waals surface area contributed by atoms with Gasteiger partial charge in [-0.15, -0.1) is 32.1 Å². The van der Waals surface area contributed by atoms with E-state index in [1.54, 1.807) is 12.3 Å². The Morgan fingerprint density at radius 3 is 1.36 bits per heavy atom. The number of hydrogen-bond donors (Lipinski definition) is 0. The minimum absolute atomic E-state index is 0.0533. The lowest BCUT2D eigenvalue weighted by atomic mass is 9.85. The summed E-state index contributed by atoms with van der Waals surface area (Å²) in [6.45, 7) is 4.23. The lowest BCUT2D eigenvalue weighted by Crippen LogP contribution is -2.40. The average molecular weight is 1410 g/mol. The zero-order valence-electron chi connectivity index (χ0n) is 55.9. The normalized spacial score (nSPS) is 17.3. The molecule has 4 aromatic carbocycles. The van der Waals surface area contributed by atoms with Crippen LogP contribution in [0.4, 0.5) is 0 Å². The van der Waals surface area contributed by atoms with Gasteiger partial charge in [0.2, 0.25) is 0 Å². The van der Waals surface area contributed by atoms with Crippen molar-refractivity contribution in [2.75, 3.05) is 112 Å². The van der Waals surface area contributed by atoms with Crippen LogP contribution in [0.25, 0.3) is 0 Å². The van der Waals surface area contributed by atoms with Crippen LogP contribution >= 0.6 is 0 Å². The fraction of sp³-hybridized carbons (Fsp3) is 0.449. The van der Waals surface area contributed by atoms with Crippen molar-refractivity contribution in [3.05, 3.63) is 167 Å². The van der Waals surface area contributed by atoms with E-state index in [1.807, 2.05) is 176 Å². The van der Waals surface area contributed by atoms with Crippen LogP contribution in [0, 0.1) is 61.7 Å². The molecule has 8 atom stereocenters. The zero-order chi connectivity index (χ0) is 71.2. The maximum Gasteiger partial charge on any atom is 0.265 e. The number of terminal acetylenes is 5. The molecular weight excluding hydrogens is 1320 g/mol. The van der Waals surface area contributed by atoms with Gasteiger partial charge in [0.05, 0.1) is 102 Å². The molecule has 0 radical (unpaired) electrons. The van der Waals surface area contributed by atoms with Crippen LogP contribution in [0.15, 0.2) is 132 Å². The smallest absolute Gasteiger partial charge is 0.265 e. The molecule has 95 heavy (non-hydrogen) atoms. The third-order valence-electron chi connectivity index (χ3n) is 14.9. The van der Waals surface area contributed by atoms with Gasteiger partial charge < -0.3 is 4.42 Å². The highest BCUT2D eigenvalue weighted by atomic mass is 32.2. The Morgan fingerprint density at radius 2 is 0.905 bits per heavy atom. The largest absolute Gasteiger partial charge is 0.469 e. The Kier molecular flexibility index (Phi) is 34.9. The maximum atomic E-state index is 11.5. The highest BCUT2D eigenvalue weighted by Gasteiger charge is 2.38. The SMILES string of the molecule is C#CCN(C)C(C)C(OS(C)(=O)=O)c1ccccc1.C#CCN(C)C(COS(C)(=O)=O)Cc1ccccc1.C#CCN(C)C(COS(C)(=O)=O)Cc1ccco1.C#CCN(C)C1c2ccccc2CC1OS(C)(=O)=O.C#CCN(C)C1c2ccccc2CCC1OS(C)(=O)=O. The minimum atomic E-state index is -3.54. The first kappa shape index (κ1) is 82.5. The number of hydrogen-bond acceptors (Lipinski definition) is 21. The van der Waals surface area contributed by atoms with E-state index in [0.717, 1.165) is 71.3 Å². The summed E-state index contributed by atoms with van der Waals surface area (Å²) < 4.78 is 143. The van der Waals surface area contributed by atoms with Gasteiger partial charge in [0.25, 0.3) is 50.6 Å². The topological polar surface area (TPSA) is 246 Å². The summed E-state index contributed by atoms with van der Waals surface area (Å²) in [5.74, 6) is 13.5. The highest BCUT2D eigenvalue weighted by molar-refractivity contribution is 7.86. The molecule has 2 aliphatic carbocycles. The van der Waals surface area contributed by atoms with Gasteiger partial charge in [-0.1, -0.05) is 139 Å². The van der Waals surface area contributed by atoms with Gasteiger partial charge in [0, 0.05) is 31.0 Å². The van der Waals surface area contributed by atoms with Gasteiger partial charge in [-0.25, -0.2) is 0 Å². The summed E-state index contributed by atoms with van der Waals surface area (Å²) >= 11 is 0. The molecule has 0 fully saturated rings. The summed E-state index contributed by atoms with van der Waals surface area (Å²) in [7, 11) is -8.12. The molecule has 5 aromatic rings. The average Bonchev–Trinajstić information content (AvgIpc) is 1.78. The second-order valence-electron chi connectivity index (χ2n) is 22.9. The number of rotatable bonds is 28. The number of aryl methyl sites for hydroxylation is 1. The van der Waals surface area contributed by atoms with Crippen LogP contribution < -0.4 is 0 Å². The highest BCUT2D eigenvalue weighted by Crippen LogP contribution is 2.38. The molecule has 1 heterocycles. The monoisotopic (exact) mass is 1410 g/mol. The van der Waals surface area contributed by atoms with Gasteiger partial charge in [-0.3, -0.25) is 45.4 Å². The summed E-state index contributed by atoms with van der Waals surface area (Å²) in [6.07, 6.45) is 35.3. The Bertz CT molecular complexity index is 3940. The van der Waals surface area contributed by atoms with Gasteiger partial charge in [0.1, 0.15) is 18.0 Å². The molecular formula is C69H91N5O16S5. The van der Waals surface area contributed by atoms with Gasteiger partial charge >= 0.3 is 0 Å². The number of benzene rings is 4. The van der Waals surface area contributed by atoms with E-state index in [0.29, 0.717) is 58.4 Å². The Morgan fingerprint density at radius 1 is 0.484 bits per heavy atom. The lowest BCUT2D eigenvalue weighted by Gasteiger charge is -2.37. The molecule has 7 rings (SSSR count). The van der Waals surface area contributed by atoms with Crippen molar-refractivity contribution in [3.63, 3.8) is 0 Å². The standard InChI is InChI=1S/C15H19NO3S.C14H17NO3S.2C14H19NO3S.C12H17NO4S/c1-4-11-16(2)15-13-8-6-5-7-12(13)9-10-14(15)19-20(3,17)18;1-4-9-15(2)14-12-8-6-5-7-11(12)10-13(14)18-19(3,16)17;1-5-11-15(3)12(2)14(18-19(4,16)17)13-9-7-6-8-10-13;1-4-10-15(2)14(12-18-19(3,16)17)11-13-8-6-5-7-9-13;1-4-7-13(2)11(10-17-18(3,14)15)9-12-6-5-8-16-12/h1,5-8,14-15H,9-11H2,2-3H3;1,5-8,13-14H,9-10H2,2-3H3;1,6-10,12,14H,11H2,2-4H3;1,5-9,14H,10-12H2,2-3H3;1,5-6,8,11H,7,9-10H2,2-3H3. The van der Waals surface area contributed by atoms with Gasteiger partial charge in [0.15, 0.2) is 0 Å². The summed E-state index contributed by atoms with van der Waals surface area (Å²) in [5, 5.41) is 0. The molecule has 0 spiro atoms. The molecule has 2 aliphatic rings. The molecule has 0 saturated heterocycles. The molecule has 21 nitrogen and oxygen atoms in total. The van der Waals surface area contributed by atoms with E-state index >= 15 is 0 Å². The first-order valence-corrected chi connectivity index (χ1v) is 38.9. The molecule has 518 valence electrons.